The van der Waals surface area contributed by atoms with E-state index in [1.54, 1.807) is 6.07 Å². The van der Waals surface area contributed by atoms with Gasteiger partial charge in [-0.2, -0.15) is 0 Å². The van der Waals surface area contributed by atoms with Crippen LogP contribution in [0.15, 0.2) is 28.7 Å². The highest BCUT2D eigenvalue weighted by atomic mass is 19.1. The molecule has 0 amide bonds. The molecule has 0 spiro atoms. The van der Waals surface area contributed by atoms with Crippen molar-refractivity contribution in [3.63, 3.8) is 0 Å². The van der Waals surface area contributed by atoms with Crippen molar-refractivity contribution in [3.05, 3.63) is 35.8 Å². The third kappa shape index (κ3) is 2.96. The predicted octanol–water partition coefficient (Wildman–Crippen LogP) is 3.57. The van der Waals surface area contributed by atoms with Gasteiger partial charge < -0.3 is 9.15 Å². The van der Waals surface area contributed by atoms with Crippen molar-refractivity contribution in [2.24, 2.45) is 0 Å². The number of furan rings is 1. The summed E-state index contributed by atoms with van der Waals surface area (Å²) in [6.45, 7) is 3.05. The number of benzene rings is 1. The number of carbonyl (C=O) groups excluding carboxylic acids is 1. The van der Waals surface area contributed by atoms with Gasteiger partial charge in [-0.05, 0) is 30.7 Å². The first-order valence-electron chi connectivity index (χ1n) is 6.00. The standard InChI is InChI=1S/C14H15FO3/c1-2-6-17-7-5-12(16)14-9-10-8-11(15)3-4-13(10)18-14/h3-4,8-9H,2,5-7H2,1H3. The van der Waals surface area contributed by atoms with E-state index in [-0.39, 0.29) is 23.8 Å². The third-order valence-corrected chi connectivity index (χ3v) is 2.58. The molecule has 0 aliphatic carbocycles. The molecule has 1 aromatic carbocycles. The van der Waals surface area contributed by atoms with Crippen molar-refractivity contribution in [3.8, 4) is 0 Å². The van der Waals surface area contributed by atoms with Crippen LogP contribution in [0.1, 0.15) is 30.3 Å². The SMILES string of the molecule is CCCOCCC(=O)c1cc2cc(F)ccc2o1. The molecule has 2 rings (SSSR count). The maximum atomic E-state index is 13.0. The molecule has 3 nitrogen and oxygen atoms in total. The molecule has 1 aromatic heterocycles. The second-order valence-electron chi connectivity index (χ2n) is 4.08. The number of hydrogen-bond acceptors (Lipinski definition) is 3. The van der Waals surface area contributed by atoms with Crippen LogP contribution in [-0.4, -0.2) is 19.0 Å². The van der Waals surface area contributed by atoms with Crippen molar-refractivity contribution < 1.29 is 18.3 Å². The number of rotatable bonds is 6. The lowest BCUT2D eigenvalue weighted by Gasteiger charge is -1.99. The summed E-state index contributed by atoms with van der Waals surface area (Å²) in [6, 6.07) is 5.75. The number of halogens is 1. The normalized spacial score (nSPS) is 11.0. The Hall–Kier alpha value is -1.68. The Kier molecular flexibility index (Phi) is 4.10. The van der Waals surface area contributed by atoms with E-state index in [0.29, 0.717) is 24.2 Å². The summed E-state index contributed by atoms with van der Waals surface area (Å²) in [6.07, 6.45) is 1.21. The van der Waals surface area contributed by atoms with Gasteiger partial charge >= 0.3 is 0 Å². The van der Waals surface area contributed by atoms with Crippen molar-refractivity contribution in [1.82, 2.24) is 0 Å². The van der Waals surface area contributed by atoms with Crippen LogP contribution < -0.4 is 0 Å². The lowest BCUT2D eigenvalue weighted by Crippen LogP contribution is -2.04. The lowest BCUT2D eigenvalue weighted by molar-refractivity contribution is 0.0856. The van der Waals surface area contributed by atoms with Gasteiger partial charge in [0.2, 0.25) is 0 Å². The maximum Gasteiger partial charge on any atom is 0.200 e. The molecule has 18 heavy (non-hydrogen) atoms. The second kappa shape index (κ2) is 5.78. The number of fused-ring (bicyclic) bond motifs is 1. The minimum absolute atomic E-state index is 0.122. The van der Waals surface area contributed by atoms with Gasteiger partial charge in [0.15, 0.2) is 11.5 Å². The smallest absolute Gasteiger partial charge is 0.200 e. The summed E-state index contributed by atoms with van der Waals surface area (Å²) in [5, 5.41) is 0.604. The fourth-order valence-electron chi connectivity index (χ4n) is 1.69. The van der Waals surface area contributed by atoms with Crippen LogP contribution in [0.3, 0.4) is 0 Å². The average Bonchev–Trinajstić information content (AvgIpc) is 2.77. The molecule has 0 saturated carbocycles. The predicted molar refractivity (Wildman–Crippen MR) is 66.2 cm³/mol. The number of carbonyl (C=O) groups is 1. The number of ketones is 1. The molecule has 0 unspecified atom stereocenters. The van der Waals surface area contributed by atoms with Crippen LogP contribution >= 0.6 is 0 Å². The van der Waals surface area contributed by atoms with Crippen molar-refractivity contribution in [2.45, 2.75) is 19.8 Å². The van der Waals surface area contributed by atoms with Gasteiger partial charge in [0.05, 0.1) is 6.61 Å². The minimum atomic E-state index is -0.339. The molecule has 0 fully saturated rings. The van der Waals surface area contributed by atoms with Crippen molar-refractivity contribution in [2.75, 3.05) is 13.2 Å². The molecule has 0 saturated heterocycles. The van der Waals surface area contributed by atoms with Gasteiger partial charge in [-0.25, -0.2) is 4.39 Å². The van der Waals surface area contributed by atoms with E-state index in [1.807, 2.05) is 6.92 Å². The van der Waals surface area contributed by atoms with Gasteiger partial charge in [-0.1, -0.05) is 6.92 Å². The van der Waals surface area contributed by atoms with E-state index < -0.39 is 0 Å². The van der Waals surface area contributed by atoms with Gasteiger partial charge in [0.25, 0.3) is 0 Å². The summed E-state index contributed by atoms with van der Waals surface area (Å²) in [5.74, 6) is -0.202. The van der Waals surface area contributed by atoms with E-state index in [2.05, 4.69) is 0 Å². The minimum Gasteiger partial charge on any atom is -0.453 e. The summed E-state index contributed by atoms with van der Waals surface area (Å²) in [7, 11) is 0. The first kappa shape index (κ1) is 12.8. The lowest BCUT2D eigenvalue weighted by atomic mass is 10.2. The first-order valence-corrected chi connectivity index (χ1v) is 6.00. The molecule has 0 aliphatic rings. The molecule has 0 N–H and O–H groups in total. The topological polar surface area (TPSA) is 39.4 Å². The molecule has 4 heteroatoms. The molecule has 96 valence electrons. The van der Waals surface area contributed by atoms with Crippen LogP contribution in [0.2, 0.25) is 0 Å². The fraction of sp³-hybridized carbons (Fsp3) is 0.357. The monoisotopic (exact) mass is 250 g/mol. The molecule has 1 heterocycles. The van der Waals surface area contributed by atoms with Crippen LogP contribution in [0.5, 0.6) is 0 Å². The number of hydrogen-bond donors (Lipinski definition) is 0. The number of Topliss-reactive ketones (excluding diaryl/α,β-unsaturated/α-hetero) is 1. The van der Waals surface area contributed by atoms with Crippen LogP contribution in [-0.2, 0) is 4.74 Å². The summed E-state index contributed by atoms with van der Waals surface area (Å²) in [4.78, 5) is 11.8. The molecular formula is C14H15FO3. The largest absolute Gasteiger partial charge is 0.453 e. The highest BCUT2D eigenvalue weighted by Gasteiger charge is 2.12. The van der Waals surface area contributed by atoms with Crippen LogP contribution in [0.4, 0.5) is 4.39 Å². The number of ether oxygens (including phenoxy) is 1. The Morgan fingerprint density at radius 2 is 2.17 bits per heavy atom. The Morgan fingerprint density at radius 3 is 2.94 bits per heavy atom. The van der Waals surface area contributed by atoms with Crippen molar-refractivity contribution >= 4 is 16.8 Å². The highest BCUT2D eigenvalue weighted by molar-refractivity contribution is 5.97. The van der Waals surface area contributed by atoms with Crippen LogP contribution in [0.25, 0.3) is 11.0 Å². The molecular weight excluding hydrogens is 235 g/mol. The quantitative estimate of drug-likeness (QED) is 0.581. The zero-order valence-electron chi connectivity index (χ0n) is 10.2. The second-order valence-corrected chi connectivity index (χ2v) is 4.08. The summed E-state index contributed by atoms with van der Waals surface area (Å²) < 4.78 is 23.6. The Bertz CT molecular complexity index is 545. The summed E-state index contributed by atoms with van der Waals surface area (Å²) >= 11 is 0. The molecule has 0 bridgehead atoms. The zero-order chi connectivity index (χ0) is 13.0. The van der Waals surface area contributed by atoms with Gasteiger partial charge in [-0.3, -0.25) is 4.79 Å². The van der Waals surface area contributed by atoms with Gasteiger partial charge in [0.1, 0.15) is 11.4 Å². The Balaban J connectivity index is 2.04. The van der Waals surface area contributed by atoms with E-state index >= 15 is 0 Å². The van der Waals surface area contributed by atoms with Crippen molar-refractivity contribution in [1.29, 1.82) is 0 Å². The van der Waals surface area contributed by atoms with E-state index in [4.69, 9.17) is 9.15 Å². The Labute approximate surface area is 105 Å². The molecule has 2 aromatic rings. The van der Waals surface area contributed by atoms with E-state index in [0.717, 1.165) is 6.42 Å². The Morgan fingerprint density at radius 1 is 1.33 bits per heavy atom. The van der Waals surface area contributed by atoms with Crippen LogP contribution in [0, 0.1) is 5.82 Å². The zero-order valence-corrected chi connectivity index (χ0v) is 10.2. The maximum absolute atomic E-state index is 13.0. The highest BCUT2D eigenvalue weighted by Crippen LogP contribution is 2.21. The molecule has 0 radical (unpaired) electrons. The average molecular weight is 250 g/mol. The fourth-order valence-corrected chi connectivity index (χ4v) is 1.69. The van der Waals surface area contributed by atoms with Gasteiger partial charge in [0, 0.05) is 18.4 Å². The third-order valence-electron chi connectivity index (χ3n) is 2.58. The van der Waals surface area contributed by atoms with E-state index in [1.165, 1.54) is 18.2 Å². The van der Waals surface area contributed by atoms with Gasteiger partial charge in [-0.15, -0.1) is 0 Å². The first-order chi connectivity index (χ1) is 8.70. The molecule has 0 atom stereocenters. The molecule has 0 aliphatic heterocycles. The summed E-state index contributed by atoms with van der Waals surface area (Å²) in [5.41, 5.74) is 0.522. The van der Waals surface area contributed by atoms with E-state index in [9.17, 15) is 9.18 Å².